The van der Waals surface area contributed by atoms with Crippen molar-refractivity contribution in [1.29, 1.82) is 0 Å². The predicted molar refractivity (Wildman–Crippen MR) is 263 cm³/mol. The highest BCUT2D eigenvalue weighted by Gasteiger charge is 2.61. The van der Waals surface area contributed by atoms with Crippen molar-refractivity contribution < 1.29 is 62.5 Å². The van der Waals surface area contributed by atoms with Crippen LogP contribution in [-0.4, -0.2) is 156 Å². The minimum atomic E-state index is -1.46. The number of esters is 1. The molecule has 2 N–H and O–H groups in total. The zero-order valence-electron chi connectivity index (χ0n) is 43.6. The molecule has 4 aliphatic heterocycles. The van der Waals surface area contributed by atoms with E-state index in [0.717, 1.165) is 18.7 Å². The summed E-state index contributed by atoms with van der Waals surface area (Å²) >= 11 is 12.6. The van der Waals surface area contributed by atoms with E-state index < -0.39 is 108 Å². The Kier molecular flexibility index (Phi) is 17.8. The van der Waals surface area contributed by atoms with Gasteiger partial charge < -0.3 is 48.1 Å². The molecule has 2 saturated carbocycles. The van der Waals surface area contributed by atoms with Crippen molar-refractivity contribution in [3.05, 3.63) is 33.8 Å². The second kappa shape index (κ2) is 22.4. The maximum atomic E-state index is 15.2. The summed E-state index contributed by atoms with van der Waals surface area (Å²) in [6, 6.07) is 4.23. The van der Waals surface area contributed by atoms with E-state index in [9.17, 15) is 15.0 Å². The molecule has 0 aromatic heterocycles. The molecule has 4 heterocycles. The summed E-state index contributed by atoms with van der Waals surface area (Å²) in [7, 11) is 3.11. The molecule has 1 aromatic rings. The number of amides is 1. The van der Waals surface area contributed by atoms with Crippen molar-refractivity contribution >= 4 is 41.0 Å². The normalized spacial score (nSPS) is 42.3. The number of fused-ring (bicyclic) bond motifs is 1. The number of Topliss-reactive ketones (excluding diaryl/α,β-unsaturated/α-hetero) is 1. The van der Waals surface area contributed by atoms with Gasteiger partial charge in [0.1, 0.15) is 24.1 Å². The van der Waals surface area contributed by atoms with Crippen LogP contribution in [0.15, 0.2) is 18.2 Å². The Balaban J connectivity index is 1.29. The molecule has 17 heteroatoms. The molecule has 0 unspecified atom stereocenters. The van der Waals surface area contributed by atoms with Crippen LogP contribution in [-0.2, 0) is 53.9 Å². The van der Waals surface area contributed by atoms with Crippen LogP contribution >= 0.6 is 23.2 Å². The summed E-state index contributed by atoms with van der Waals surface area (Å²) in [6.07, 6.45) is -2.30. The molecule has 0 bridgehead atoms. The molecule has 18 atom stereocenters. The second-order valence-corrected chi connectivity index (χ2v) is 23.3. The lowest BCUT2D eigenvalue weighted by atomic mass is 9.73. The fourth-order valence-electron chi connectivity index (χ4n) is 12.3. The van der Waals surface area contributed by atoms with Crippen LogP contribution in [0.2, 0.25) is 10.0 Å². The number of carbonyl (C=O) groups excluding carboxylic acids is 3. The lowest BCUT2D eigenvalue weighted by Gasteiger charge is -2.50. The van der Waals surface area contributed by atoms with Gasteiger partial charge in [0.15, 0.2) is 18.2 Å². The van der Waals surface area contributed by atoms with Crippen molar-refractivity contribution in [2.75, 3.05) is 33.9 Å². The van der Waals surface area contributed by atoms with Gasteiger partial charge in [0, 0.05) is 64.1 Å². The van der Waals surface area contributed by atoms with Crippen LogP contribution < -0.4 is 0 Å². The van der Waals surface area contributed by atoms with Crippen LogP contribution in [0.4, 0.5) is 4.79 Å². The minimum absolute atomic E-state index is 0.128. The van der Waals surface area contributed by atoms with Gasteiger partial charge in [-0.25, -0.2) is 4.79 Å². The molecule has 6 fully saturated rings. The third kappa shape index (κ3) is 11.9. The molecule has 15 nitrogen and oxygen atoms in total. The van der Waals surface area contributed by atoms with Crippen molar-refractivity contribution in [3.8, 4) is 0 Å². The van der Waals surface area contributed by atoms with E-state index in [4.69, 9.17) is 61.1 Å². The van der Waals surface area contributed by atoms with Crippen LogP contribution in [0.25, 0.3) is 0 Å². The van der Waals surface area contributed by atoms with Gasteiger partial charge in [-0.05, 0) is 122 Å². The fourth-order valence-corrected chi connectivity index (χ4v) is 12.6. The Hall–Kier alpha value is -2.15. The van der Waals surface area contributed by atoms with Crippen molar-refractivity contribution in [3.63, 3.8) is 0 Å². The fraction of sp³-hybridized carbons (Fsp3) is 0.830. The van der Waals surface area contributed by atoms with Gasteiger partial charge in [0.2, 0.25) is 0 Å². The first kappa shape index (κ1) is 55.6. The van der Waals surface area contributed by atoms with Crippen LogP contribution in [0.3, 0.4) is 0 Å². The summed E-state index contributed by atoms with van der Waals surface area (Å²) in [5.41, 5.74) is -2.94. The number of ketones is 1. The number of cyclic esters (lactones) is 1. The van der Waals surface area contributed by atoms with Gasteiger partial charge in [-0.3, -0.25) is 19.4 Å². The van der Waals surface area contributed by atoms with Gasteiger partial charge in [0.25, 0.3) is 0 Å². The van der Waals surface area contributed by atoms with E-state index in [-0.39, 0.29) is 43.7 Å². The molecule has 0 spiro atoms. The van der Waals surface area contributed by atoms with Gasteiger partial charge >= 0.3 is 12.1 Å². The van der Waals surface area contributed by atoms with E-state index in [2.05, 4.69) is 4.90 Å². The second-order valence-electron chi connectivity index (χ2n) is 22.5. The number of benzene rings is 1. The van der Waals surface area contributed by atoms with Gasteiger partial charge in [-0.1, -0.05) is 57.0 Å². The number of hydrogen-bond donors (Lipinski definition) is 2. The monoisotopic (exact) mass is 1020 g/mol. The molecular formula is C53H82Cl2N2O13. The average Bonchev–Trinajstić information content (AvgIpc) is 4.27. The zero-order valence-corrected chi connectivity index (χ0v) is 45.1. The van der Waals surface area contributed by atoms with E-state index in [1.165, 1.54) is 32.8 Å². The van der Waals surface area contributed by atoms with Crippen molar-refractivity contribution in [1.82, 2.24) is 9.80 Å². The third-order valence-corrected chi connectivity index (χ3v) is 17.7. The first-order valence-electron chi connectivity index (χ1n) is 26.0. The molecule has 4 saturated heterocycles. The molecule has 6 aliphatic rings. The summed E-state index contributed by atoms with van der Waals surface area (Å²) < 4.78 is 52.4. The number of aliphatic hydroxyl groups is 2. The zero-order chi connectivity index (χ0) is 51.2. The molecule has 2 aliphatic carbocycles. The van der Waals surface area contributed by atoms with Gasteiger partial charge in [-0.15, -0.1) is 0 Å². The molecule has 7 rings (SSSR count). The van der Waals surface area contributed by atoms with E-state index in [1.54, 1.807) is 51.8 Å². The highest BCUT2D eigenvalue weighted by atomic mass is 35.5. The lowest BCUT2D eigenvalue weighted by Crippen LogP contribution is -2.62. The Morgan fingerprint density at radius 2 is 1.49 bits per heavy atom. The lowest BCUT2D eigenvalue weighted by molar-refractivity contribution is -0.320. The number of methoxy groups -OCH3 is 2. The van der Waals surface area contributed by atoms with E-state index in [0.29, 0.717) is 34.7 Å². The number of nitrogens with zero attached hydrogens (tertiary/aromatic N) is 2. The standard InChI is InChI=1S/C53H82Cl2N2O13/c1-13-40-53(10)45(57(50(62)70-53)21-20-34-18-19-37(54)38(55)23-34)30(4)42(58)28(2)24-52(9,64-12)47(69-49-43(59)39(22-29(3)65-49)56(26-35-14-15-35)27-36-16-17-36)31(5)44(32(6)48(61)67-40)68-41-25-51(8,63-11)46(60)33(7)66-41/h18-19,23,28-33,35-36,39-41,43-47,49,59-60H,13-17,20-22,24-27H2,1-12H3/t28-,29+,30-,31+,32-,33-,39-,40+,41-,43+,44+,45-,46-,47-,49-,51+,52+,53-/m1/s1. The average molecular weight is 1030 g/mol. The number of hydrogen-bond acceptors (Lipinski definition) is 14. The Labute approximate surface area is 426 Å². The van der Waals surface area contributed by atoms with E-state index in [1.807, 2.05) is 47.6 Å². The van der Waals surface area contributed by atoms with E-state index >= 15 is 9.59 Å². The molecule has 70 heavy (non-hydrogen) atoms. The molecule has 1 amide bonds. The first-order chi connectivity index (χ1) is 33.0. The highest BCUT2D eigenvalue weighted by Crippen LogP contribution is 2.46. The van der Waals surface area contributed by atoms with Gasteiger partial charge in [-0.2, -0.15) is 0 Å². The predicted octanol–water partition coefficient (Wildman–Crippen LogP) is 8.02. The minimum Gasteiger partial charge on any atom is -0.458 e. The maximum Gasteiger partial charge on any atom is 0.410 e. The van der Waals surface area contributed by atoms with Gasteiger partial charge in [0.05, 0.1) is 57.6 Å². The smallest absolute Gasteiger partial charge is 0.410 e. The highest BCUT2D eigenvalue weighted by molar-refractivity contribution is 6.42. The quantitative estimate of drug-likeness (QED) is 0.162. The molecular weight excluding hydrogens is 943 g/mol. The van der Waals surface area contributed by atoms with Crippen LogP contribution in [0.1, 0.15) is 126 Å². The maximum absolute atomic E-state index is 15.2. The number of halogens is 2. The largest absolute Gasteiger partial charge is 0.458 e. The molecule has 396 valence electrons. The Bertz CT molecular complexity index is 1980. The summed E-state index contributed by atoms with van der Waals surface area (Å²) in [6.45, 7) is 20.4. The summed E-state index contributed by atoms with van der Waals surface area (Å²) in [5, 5.41) is 24.4. The molecule has 1 aromatic carbocycles. The number of rotatable bonds is 15. The summed E-state index contributed by atoms with van der Waals surface area (Å²) in [5.74, 6) is -2.75. The molecule has 0 radical (unpaired) electrons. The Morgan fingerprint density at radius 3 is 2.07 bits per heavy atom. The number of aliphatic hydroxyl groups excluding tert-OH is 2. The topological polar surface area (TPSA) is 172 Å². The number of carbonyl (C=O) groups is 3. The SMILES string of the molecule is CC[C@@H]1OC(=O)[C@H](C)[C@@H](O[C@@H]2C[C@](C)(OC)[C@H](O)[C@@H](C)O2)[C@H](C)[C@@H](O[C@H]2O[C@@H](C)C[C@@H](N(CC3CC3)CC3CC3)[C@@H]2O)[C@@](C)(OC)C[C@@H](C)C(=O)[C@@H](C)[C@H]2N(CCc3ccc(Cl)c(Cl)c3)C(=O)O[C@]12C. The number of ether oxygens (including phenoxy) is 8. The Morgan fingerprint density at radius 1 is 0.843 bits per heavy atom. The third-order valence-electron chi connectivity index (χ3n) is 16.9. The first-order valence-corrected chi connectivity index (χ1v) is 26.7. The van der Waals surface area contributed by atoms with Crippen LogP contribution in [0.5, 0.6) is 0 Å². The van der Waals surface area contributed by atoms with Crippen molar-refractivity contribution in [2.24, 2.45) is 35.5 Å². The van der Waals surface area contributed by atoms with Crippen molar-refractivity contribution in [2.45, 2.75) is 211 Å². The summed E-state index contributed by atoms with van der Waals surface area (Å²) in [4.78, 5) is 48.5. The van der Waals surface area contributed by atoms with Crippen LogP contribution in [0, 0.1) is 35.5 Å².